The molecule has 0 spiro atoms. The number of likely N-dealkylation sites (N-methyl/N-ethyl adjacent to an activating group) is 1. The van der Waals surface area contributed by atoms with Crippen molar-refractivity contribution in [3.63, 3.8) is 0 Å². The molecule has 36 heavy (non-hydrogen) atoms. The van der Waals surface area contributed by atoms with E-state index in [0.29, 0.717) is 47.9 Å². The Kier molecular flexibility index (Phi) is 7.44. The second-order valence-corrected chi connectivity index (χ2v) is 8.43. The van der Waals surface area contributed by atoms with Crippen LogP contribution in [0.2, 0.25) is 0 Å². The predicted octanol–water partition coefficient (Wildman–Crippen LogP) is 2.76. The number of nitrogens with one attached hydrogen (secondary N) is 1. The second kappa shape index (κ2) is 10.7. The standard InChI is InChI=1S/C23H23N3O5.C3H7NO/c1-25(2)5-6-26-22-15-9-20-21(31-12-30-20)10-17(15)24-11-16(22)13-7-18(28-3)19(29-4)8-14(13)23(26)27;1-2-4-3-5/h7-11H,5-6,12H2,1-4H3;3H,2H2,1H3,(H,4,5). The summed E-state index contributed by atoms with van der Waals surface area (Å²) in [6.45, 7) is 4.01. The Bertz CT molecular complexity index is 1480. The van der Waals surface area contributed by atoms with E-state index < -0.39 is 0 Å². The van der Waals surface area contributed by atoms with Gasteiger partial charge in [0.1, 0.15) is 0 Å². The molecular formula is C26H30N4O6. The number of fused-ring (bicyclic) bond motifs is 6. The number of ether oxygens (including phenoxy) is 4. The van der Waals surface area contributed by atoms with Gasteiger partial charge in [0.15, 0.2) is 23.0 Å². The van der Waals surface area contributed by atoms with Gasteiger partial charge in [0.05, 0.1) is 30.6 Å². The molecule has 0 saturated carbocycles. The highest BCUT2D eigenvalue weighted by Crippen LogP contribution is 2.40. The number of amides is 1. The number of benzene rings is 2. The van der Waals surface area contributed by atoms with Gasteiger partial charge in [-0.15, -0.1) is 0 Å². The molecule has 0 bridgehead atoms. The Labute approximate surface area is 208 Å². The van der Waals surface area contributed by atoms with Crippen molar-refractivity contribution in [1.82, 2.24) is 19.8 Å². The largest absolute Gasteiger partial charge is 0.493 e. The molecule has 10 heteroatoms. The maximum atomic E-state index is 13.7. The SMILES string of the molecule is CCNC=O.COc1cc2c(=O)n(CCN(C)C)c3c4cc5c(cc4ncc3c2cc1OC)OCO5. The fourth-order valence-corrected chi connectivity index (χ4v) is 4.18. The molecule has 0 radical (unpaired) electrons. The van der Waals surface area contributed by atoms with Crippen LogP contribution in [0.5, 0.6) is 23.0 Å². The molecule has 1 aliphatic heterocycles. The van der Waals surface area contributed by atoms with Crippen LogP contribution >= 0.6 is 0 Å². The lowest BCUT2D eigenvalue weighted by molar-refractivity contribution is -0.109. The van der Waals surface area contributed by atoms with Gasteiger partial charge in [0.25, 0.3) is 5.56 Å². The molecule has 190 valence electrons. The van der Waals surface area contributed by atoms with Crippen molar-refractivity contribution < 1.29 is 23.7 Å². The minimum absolute atomic E-state index is 0.0875. The number of pyridine rings is 2. The number of rotatable bonds is 7. The summed E-state index contributed by atoms with van der Waals surface area (Å²) in [6, 6.07) is 7.35. The third-order valence-electron chi connectivity index (χ3n) is 5.95. The maximum absolute atomic E-state index is 13.7. The lowest BCUT2D eigenvalue weighted by Crippen LogP contribution is -2.27. The molecule has 0 aliphatic carbocycles. The van der Waals surface area contributed by atoms with E-state index in [1.54, 1.807) is 26.5 Å². The Balaban J connectivity index is 0.000000556. The quantitative estimate of drug-likeness (QED) is 0.309. The molecule has 2 aromatic carbocycles. The van der Waals surface area contributed by atoms with Crippen molar-refractivity contribution in [3.05, 3.63) is 40.8 Å². The van der Waals surface area contributed by atoms with Crippen LogP contribution in [0.25, 0.3) is 32.6 Å². The van der Waals surface area contributed by atoms with Crippen LogP contribution in [0.15, 0.2) is 35.3 Å². The summed E-state index contributed by atoms with van der Waals surface area (Å²) in [5.74, 6) is 2.39. The molecule has 0 saturated heterocycles. The highest BCUT2D eigenvalue weighted by Gasteiger charge is 2.21. The number of nitrogens with zero attached hydrogens (tertiary/aromatic N) is 3. The van der Waals surface area contributed by atoms with Crippen LogP contribution in [0.4, 0.5) is 0 Å². The van der Waals surface area contributed by atoms with Gasteiger partial charge in [-0.25, -0.2) is 0 Å². The van der Waals surface area contributed by atoms with Gasteiger partial charge in [-0.3, -0.25) is 14.6 Å². The van der Waals surface area contributed by atoms with Crippen LogP contribution < -0.4 is 29.8 Å². The summed E-state index contributed by atoms with van der Waals surface area (Å²) >= 11 is 0. The fraction of sp³-hybridized carbons (Fsp3) is 0.346. The number of hydrogen-bond donors (Lipinski definition) is 1. The normalized spacial score (nSPS) is 12.1. The van der Waals surface area contributed by atoms with E-state index in [9.17, 15) is 9.59 Å². The van der Waals surface area contributed by atoms with Gasteiger partial charge in [-0.05, 0) is 39.2 Å². The van der Waals surface area contributed by atoms with Crippen molar-refractivity contribution in [3.8, 4) is 23.0 Å². The summed E-state index contributed by atoms with van der Waals surface area (Å²) in [7, 11) is 7.12. The van der Waals surface area contributed by atoms with E-state index in [-0.39, 0.29) is 12.4 Å². The van der Waals surface area contributed by atoms with Crippen LogP contribution in [-0.2, 0) is 11.3 Å². The monoisotopic (exact) mass is 494 g/mol. The van der Waals surface area contributed by atoms with Crippen molar-refractivity contribution >= 4 is 39.0 Å². The summed E-state index contributed by atoms with van der Waals surface area (Å²) < 4.78 is 23.9. The number of carbonyl (C=O) groups excluding carboxylic acids is 1. The summed E-state index contributed by atoms with van der Waals surface area (Å²) in [6.07, 6.45) is 2.49. The zero-order valence-electron chi connectivity index (χ0n) is 21.1. The van der Waals surface area contributed by atoms with Gasteiger partial charge in [0.2, 0.25) is 13.2 Å². The molecule has 2 aromatic heterocycles. The molecule has 5 rings (SSSR count). The molecule has 1 amide bonds. The number of methoxy groups -OCH3 is 2. The summed E-state index contributed by atoms with van der Waals surface area (Å²) in [5, 5.41) is 5.46. The first-order valence-electron chi connectivity index (χ1n) is 11.6. The van der Waals surface area contributed by atoms with Gasteiger partial charge in [-0.2, -0.15) is 0 Å². The Morgan fingerprint density at radius 1 is 1.03 bits per heavy atom. The molecule has 1 N–H and O–H groups in total. The van der Waals surface area contributed by atoms with E-state index in [4.69, 9.17) is 18.9 Å². The van der Waals surface area contributed by atoms with Gasteiger partial charge < -0.3 is 33.7 Å². The molecule has 0 unspecified atom stereocenters. The first kappa shape index (κ1) is 25.1. The first-order valence-corrected chi connectivity index (χ1v) is 11.6. The average molecular weight is 495 g/mol. The Morgan fingerprint density at radius 2 is 1.69 bits per heavy atom. The minimum atomic E-state index is -0.0875. The molecule has 0 fully saturated rings. The van der Waals surface area contributed by atoms with Gasteiger partial charge in [0, 0.05) is 48.1 Å². The second-order valence-electron chi connectivity index (χ2n) is 8.43. The van der Waals surface area contributed by atoms with E-state index >= 15 is 0 Å². The molecule has 0 atom stereocenters. The smallest absolute Gasteiger partial charge is 0.259 e. The Hall–Kier alpha value is -4.05. The Morgan fingerprint density at radius 3 is 2.28 bits per heavy atom. The van der Waals surface area contributed by atoms with Crippen LogP contribution in [-0.4, -0.2) is 69.1 Å². The molecule has 3 heterocycles. The topological polar surface area (TPSA) is 104 Å². The predicted molar refractivity (Wildman–Crippen MR) is 139 cm³/mol. The van der Waals surface area contributed by atoms with Crippen LogP contribution in [0, 0.1) is 0 Å². The lowest BCUT2D eigenvalue weighted by Gasteiger charge is -2.18. The average Bonchev–Trinajstić information content (AvgIpc) is 3.34. The van der Waals surface area contributed by atoms with E-state index in [0.717, 1.165) is 33.7 Å². The zero-order chi connectivity index (χ0) is 25.8. The van der Waals surface area contributed by atoms with Crippen molar-refractivity contribution in [2.45, 2.75) is 13.5 Å². The highest BCUT2D eigenvalue weighted by atomic mass is 16.7. The van der Waals surface area contributed by atoms with Crippen molar-refractivity contribution in [1.29, 1.82) is 0 Å². The van der Waals surface area contributed by atoms with Crippen molar-refractivity contribution in [2.75, 3.05) is 48.2 Å². The van der Waals surface area contributed by atoms with E-state index in [1.165, 1.54) is 0 Å². The third-order valence-corrected chi connectivity index (χ3v) is 5.95. The minimum Gasteiger partial charge on any atom is -0.493 e. The fourth-order valence-electron chi connectivity index (χ4n) is 4.18. The number of carbonyl (C=O) groups is 1. The number of aromatic nitrogens is 2. The third kappa shape index (κ3) is 4.59. The first-order chi connectivity index (χ1) is 17.4. The molecular weight excluding hydrogens is 464 g/mol. The van der Waals surface area contributed by atoms with E-state index in [2.05, 4.69) is 15.2 Å². The van der Waals surface area contributed by atoms with Gasteiger partial charge >= 0.3 is 0 Å². The number of hydrogen-bond acceptors (Lipinski definition) is 8. The highest BCUT2D eigenvalue weighted by molar-refractivity contribution is 6.15. The molecule has 4 aromatic rings. The van der Waals surface area contributed by atoms with Crippen LogP contribution in [0.3, 0.4) is 0 Å². The molecule has 1 aliphatic rings. The molecule has 10 nitrogen and oxygen atoms in total. The summed E-state index contributed by atoms with van der Waals surface area (Å²) in [4.78, 5) is 29.7. The summed E-state index contributed by atoms with van der Waals surface area (Å²) in [5.41, 5.74) is 1.47. The van der Waals surface area contributed by atoms with E-state index in [1.807, 2.05) is 43.8 Å². The van der Waals surface area contributed by atoms with Crippen molar-refractivity contribution in [2.24, 2.45) is 0 Å². The van der Waals surface area contributed by atoms with Gasteiger partial charge in [-0.1, -0.05) is 0 Å². The maximum Gasteiger partial charge on any atom is 0.259 e. The lowest BCUT2D eigenvalue weighted by atomic mass is 10.0. The van der Waals surface area contributed by atoms with Crippen LogP contribution in [0.1, 0.15) is 6.92 Å². The zero-order valence-corrected chi connectivity index (χ0v) is 21.1.